The lowest BCUT2D eigenvalue weighted by Gasteiger charge is -2.13. The molecule has 0 bridgehead atoms. The van der Waals surface area contributed by atoms with Gasteiger partial charge in [0.1, 0.15) is 12.1 Å². The van der Waals surface area contributed by atoms with E-state index in [1.165, 1.54) is 6.33 Å². The average Bonchev–Trinajstić information content (AvgIpc) is 2.62. The molecule has 0 aliphatic rings. The highest BCUT2D eigenvalue weighted by atomic mass is 16.1. The van der Waals surface area contributed by atoms with Crippen molar-refractivity contribution in [2.45, 2.75) is 27.2 Å². The number of carbonyl (C=O) groups excluding carboxylic acids is 1. The van der Waals surface area contributed by atoms with Gasteiger partial charge in [-0.1, -0.05) is 30.7 Å². The molecule has 0 spiro atoms. The van der Waals surface area contributed by atoms with Crippen LogP contribution in [-0.2, 0) is 6.42 Å². The summed E-state index contributed by atoms with van der Waals surface area (Å²) in [7, 11) is 0. The standard InChI is InChI=1S/C21H22N4O/c1-4-16-8-9-18(24-20-11-15(3)22-13-23-20)12-19(16)25-21(26)17-7-5-6-14(2)10-17/h5-13H,4H2,1-3H3,(H,25,26)(H,22,23,24). The van der Waals surface area contributed by atoms with Gasteiger partial charge in [-0.15, -0.1) is 0 Å². The van der Waals surface area contributed by atoms with Crippen LogP contribution in [0.3, 0.4) is 0 Å². The Labute approximate surface area is 153 Å². The molecule has 5 nitrogen and oxygen atoms in total. The summed E-state index contributed by atoms with van der Waals surface area (Å²) in [5.41, 5.74) is 5.34. The average molecular weight is 346 g/mol. The van der Waals surface area contributed by atoms with Crippen molar-refractivity contribution in [2.24, 2.45) is 0 Å². The van der Waals surface area contributed by atoms with Gasteiger partial charge in [-0.2, -0.15) is 0 Å². The summed E-state index contributed by atoms with van der Waals surface area (Å²) in [4.78, 5) is 20.9. The molecule has 0 saturated carbocycles. The Bertz CT molecular complexity index is 937. The van der Waals surface area contributed by atoms with Gasteiger partial charge < -0.3 is 10.6 Å². The van der Waals surface area contributed by atoms with E-state index < -0.39 is 0 Å². The van der Waals surface area contributed by atoms with Crippen LogP contribution in [0.5, 0.6) is 0 Å². The van der Waals surface area contributed by atoms with E-state index in [-0.39, 0.29) is 5.91 Å². The van der Waals surface area contributed by atoms with Gasteiger partial charge in [0, 0.05) is 28.7 Å². The maximum atomic E-state index is 12.6. The number of hydrogen-bond donors (Lipinski definition) is 2. The maximum absolute atomic E-state index is 12.6. The van der Waals surface area contributed by atoms with Gasteiger partial charge in [0.2, 0.25) is 0 Å². The van der Waals surface area contributed by atoms with Gasteiger partial charge in [-0.05, 0) is 50.1 Å². The van der Waals surface area contributed by atoms with Crippen molar-refractivity contribution >= 4 is 23.1 Å². The molecule has 0 unspecified atom stereocenters. The third-order valence-electron chi connectivity index (χ3n) is 4.10. The number of rotatable bonds is 5. The van der Waals surface area contributed by atoms with Crippen molar-refractivity contribution in [2.75, 3.05) is 10.6 Å². The van der Waals surface area contributed by atoms with Crippen molar-refractivity contribution < 1.29 is 4.79 Å². The number of anilines is 3. The molecule has 26 heavy (non-hydrogen) atoms. The molecule has 0 saturated heterocycles. The van der Waals surface area contributed by atoms with Gasteiger partial charge in [0.05, 0.1) is 0 Å². The molecule has 2 aromatic carbocycles. The molecule has 1 heterocycles. The zero-order valence-electron chi connectivity index (χ0n) is 15.2. The Hall–Kier alpha value is -3.21. The third kappa shape index (κ3) is 4.25. The Balaban J connectivity index is 1.84. The van der Waals surface area contributed by atoms with Crippen LogP contribution in [0.15, 0.2) is 54.9 Å². The van der Waals surface area contributed by atoms with E-state index in [1.807, 2.05) is 62.4 Å². The number of nitrogens with zero attached hydrogens (tertiary/aromatic N) is 2. The van der Waals surface area contributed by atoms with E-state index in [2.05, 4.69) is 27.5 Å². The molecule has 0 fully saturated rings. The Morgan fingerprint density at radius 2 is 1.88 bits per heavy atom. The van der Waals surface area contributed by atoms with Crippen LogP contribution in [0, 0.1) is 13.8 Å². The first-order chi connectivity index (χ1) is 12.5. The van der Waals surface area contributed by atoms with Crippen molar-refractivity contribution in [1.82, 2.24) is 9.97 Å². The topological polar surface area (TPSA) is 66.9 Å². The van der Waals surface area contributed by atoms with E-state index in [9.17, 15) is 4.79 Å². The molecule has 0 aliphatic heterocycles. The molecule has 0 radical (unpaired) electrons. The molecule has 3 rings (SSSR count). The number of aryl methyl sites for hydroxylation is 3. The highest BCUT2D eigenvalue weighted by Gasteiger charge is 2.10. The molecular weight excluding hydrogens is 324 g/mol. The second kappa shape index (κ2) is 7.78. The zero-order valence-corrected chi connectivity index (χ0v) is 15.2. The van der Waals surface area contributed by atoms with Crippen LogP contribution in [0.2, 0.25) is 0 Å². The largest absolute Gasteiger partial charge is 0.340 e. The summed E-state index contributed by atoms with van der Waals surface area (Å²) in [5.74, 6) is 0.608. The molecule has 3 aromatic rings. The molecule has 1 amide bonds. The molecule has 132 valence electrons. The first kappa shape index (κ1) is 17.6. The lowest BCUT2D eigenvalue weighted by molar-refractivity contribution is 0.102. The number of benzene rings is 2. The van der Waals surface area contributed by atoms with E-state index >= 15 is 0 Å². The van der Waals surface area contributed by atoms with Crippen LogP contribution >= 0.6 is 0 Å². The monoisotopic (exact) mass is 346 g/mol. The molecule has 1 aromatic heterocycles. The molecular formula is C21H22N4O. The minimum absolute atomic E-state index is 0.113. The predicted octanol–water partition coefficient (Wildman–Crippen LogP) is 4.65. The third-order valence-corrected chi connectivity index (χ3v) is 4.10. The minimum atomic E-state index is -0.113. The SMILES string of the molecule is CCc1ccc(Nc2cc(C)ncn2)cc1NC(=O)c1cccc(C)c1. The molecule has 5 heteroatoms. The predicted molar refractivity (Wildman–Crippen MR) is 105 cm³/mol. The fourth-order valence-corrected chi connectivity index (χ4v) is 2.73. The van der Waals surface area contributed by atoms with Gasteiger partial charge in [-0.25, -0.2) is 9.97 Å². The fraction of sp³-hybridized carbons (Fsp3) is 0.190. The van der Waals surface area contributed by atoms with Crippen LogP contribution < -0.4 is 10.6 Å². The second-order valence-corrected chi connectivity index (χ2v) is 6.22. The highest BCUT2D eigenvalue weighted by molar-refractivity contribution is 6.05. The summed E-state index contributed by atoms with van der Waals surface area (Å²) in [6, 6.07) is 15.4. The molecule has 0 atom stereocenters. The van der Waals surface area contributed by atoms with Crippen molar-refractivity contribution in [3.63, 3.8) is 0 Å². The Morgan fingerprint density at radius 1 is 1.04 bits per heavy atom. The number of amides is 1. The first-order valence-corrected chi connectivity index (χ1v) is 8.62. The van der Waals surface area contributed by atoms with E-state index in [0.717, 1.165) is 40.4 Å². The van der Waals surface area contributed by atoms with Gasteiger partial charge >= 0.3 is 0 Å². The first-order valence-electron chi connectivity index (χ1n) is 8.62. The van der Waals surface area contributed by atoms with Crippen LogP contribution in [0.4, 0.5) is 17.2 Å². The zero-order chi connectivity index (χ0) is 18.5. The summed E-state index contributed by atoms with van der Waals surface area (Å²) in [6.45, 7) is 5.96. The van der Waals surface area contributed by atoms with Crippen LogP contribution in [-0.4, -0.2) is 15.9 Å². The van der Waals surface area contributed by atoms with Crippen molar-refractivity contribution in [1.29, 1.82) is 0 Å². The minimum Gasteiger partial charge on any atom is -0.340 e. The second-order valence-electron chi connectivity index (χ2n) is 6.22. The van der Waals surface area contributed by atoms with Crippen LogP contribution in [0.25, 0.3) is 0 Å². The van der Waals surface area contributed by atoms with E-state index in [0.29, 0.717) is 5.56 Å². The van der Waals surface area contributed by atoms with Gasteiger partial charge in [0.15, 0.2) is 0 Å². The van der Waals surface area contributed by atoms with Gasteiger partial charge in [0.25, 0.3) is 5.91 Å². The lowest BCUT2D eigenvalue weighted by atomic mass is 10.1. The number of aromatic nitrogens is 2. The normalized spacial score (nSPS) is 10.4. The summed E-state index contributed by atoms with van der Waals surface area (Å²) in [5, 5.41) is 6.29. The quantitative estimate of drug-likeness (QED) is 0.705. The van der Waals surface area contributed by atoms with Crippen molar-refractivity contribution in [3.8, 4) is 0 Å². The fourth-order valence-electron chi connectivity index (χ4n) is 2.73. The van der Waals surface area contributed by atoms with E-state index in [4.69, 9.17) is 0 Å². The highest BCUT2D eigenvalue weighted by Crippen LogP contribution is 2.24. The van der Waals surface area contributed by atoms with Gasteiger partial charge in [-0.3, -0.25) is 4.79 Å². The summed E-state index contributed by atoms with van der Waals surface area (Å²) < 4.78 is 0. The number of hydrogen-bond acceptors (Lipinski definition) is 4. The maximum Gasteiger partial charge on any atom is 0.255 e. The smallest absolute Gasteiger partial charge is 0.255 e. The Kier molecular flexibility index (Phi) is 5.27. The van der Waals surface area contributed by atoms with Crippen molar-refractivity contribution in [3.05, 3.63) is 77.2 Å². The molecule has 2 N–H and O–H groups in total. The van der Waals surface area contributed by atoms with E-state index in [1.54, 1.807) is 0 Å². The summed E-state index contributed by atoms with van der Waals surface area (Å²) >= 11 is 0. The number of nitrogens with one attached hydrogen (secondary N) is 2. The summed E-state index contributed by atoms with van der Waals surface area (Å²) in [6.07, 6.45) is 2.36. The number of carbonyl (C=O) groups is 1. The Morgan fingerprint density at radius 3 is 2.62 bits per heavy atom. The lowest BCUT2D eigenvalue weighted by Crippen LogP contribution is -2.13. The van der Waals surface area contributed by atoms with Crippen LogP contribution in [0.1, 0.15) is 34.1 Å². The molecule has 0 aliphatic carbocycles.